The first kappa shape index (κ1) is 16.7. The maximum absolute atomic E-state index is 4.68. The first-order chi connectivity index (χ1) is 8.91. The zero-order valence-corrected chi connectivity index (χ0v) is 14.8. The molecule has 0 aliphatic heterocycles. The lowest BCUT2D eigenvalue weighted by molar-refractivity contribution is 0.237. The molecule has 1 N–H and O–H groups in total. The van der Waals surface area contributed by atoms with E-state index in [1.165, 1.54) is 15.9 Å². The van der Waals surface area contributed by atoms with Crippen LogP contribution in [0.2, 0.25) is 0 Å². The third-order valence-corrected chi connectivity index (χ3v) is 5.21. The van der Waals surface area contributed by atoms with Gasteiger partial charge in [-0.15, -0.1) is 0 Å². The Kier molecular flexibility index (Phi) is 6.06. The van der Waals surface area contributed by atoms with Gasteiger partial charge in [-0.2, -0.15) is 5.10 Å². The van der Waals surface area contributed by atoms with Crippen molar-refractivity contribution in [2.75, 3.05) is 7.05 Å². The van der Waals surface area contributed by atoms with E-state index >= 15 is 0 Å². The van der Waals surface area contributed by atoms with Crippen LogP contribution >= 0.6 is 15.9 Å². The molecule has 4 heteroatoms. The van der Waals surface area contributed by atoms with E-state index in [1.54, 1.807) is 0 Å². The summed E-state index contributed by atoms with van der Waals surface area (Å²) in [5.41, 5.74) is 2.77. The molecule has 1 atom stereocenters. The normalized spacial score (nSPS) is 13.8. The molecule has 1 unspecified atom stereocenters. The van der Waals surface area contributed by atoms with Gasteiger partial charge >= 0.3 is 0 Å². The fraction of sp³-hybridized carbons (Fsp3) is 0.800. The molecule has 0 spiro atoms. The first-order valence-corrected chi connectivity index (χ1v) is 8.11. The SMILES string of the molecule is CCc1nn(CC)c(CC(NC)C(C)(C)CC)c1Br. The largest absolute Gasteiger partial charge is 0.316 e. The van der Waals surface area contributed by atoms with Crippen molar-refractivity contribution in [2.24, 2.45) is 5.41 Å². The van der Waals surface area contributed by atoms with Crippen molar-refractivity contribution in [2.45, 2.75) is 66.5 Å². The molecule has 0 amide bonds. The van der Waals surface area contributed by atoms with Crippen LogP contribution < -0.4 is 5.32 Å². The Labute approximate surface area is 126 Å². The highest BCUT2D eigenvalue weighted by molar-refractivity contribution is 9.10. The summed E-state index contributed by atoms with van der Waals surface area (Å²) in [6.07, 6.45) is 3.15. The van der Waals surface area contributed by atoms with E-state index in [4.69, 9.17) is 0 Å². The smallest absolute Gasteiger partial charge is 0.0766 e. The van der Waals surface area contributed by atoms with E-state index in [2.05, 4.69) is 72.7 Å². The Morgan fingerprint density at radius 3 is 2.37 bits per heavy atom. The molecule has 3 nitrogen and oxygen atoms in total. The summed E-state index contributed by atoms with van der Waals surface area (Å²) in [4.78, 5) is 0. The second kappa shape index (κ2) is 6.89. The van der Waals surface area contributed by atoms with E-state index in [-0.39, 0.29) is 5.41 Å². The van der Waals surface area contributed by atoms with Crippen LogP contribution in [0.1, 0.15) is 52.4 Å². The van der Waals surface area contributed by atoms with Gasteiger partial charge in [0.05, 0.1) is 15.9 Å². The third kappa shape index (κ3) is 3.60. The summed E-state index contributed by atoms with van der Waals surface area (Å²) >= 11 is 3.74. The van der Waals surface area contributed by atoms with Crippen molar-refractivity contribution in [1.82, 2.24) is 15.1 Å². The van der Waals surface area contributed by atoms with Crippen molar-refractivity contribution in [1.29, 1.82) is 0 Å². The molecule has 0 bridgehead atoms. The average Bonchev–Trinajstić information content (AvgIpc) is 2.71. The highest BCUT2D eigenvalue weighted by Gasteiger charge is 2.29. The molecule has 0 fully saturated rings. The van der Waals surface area contributed by atoms with E-state index < -0.39 is 0 Å². The summed E-state index contributed by atoms with van der Waals surface area (Å²) in [6.45, 7) is 12.2. The summed E-state index contributed by atoms with van der Waals surface area (Å²) in [7, 11) is 2.06. The quantitative estimate of drug-likeness (QED) is 0.824. The molecule has 0 aromatic carbocycles. The Balaban J connectivity index is 3.06. The third-order valence-electron chi connectivity index (χ3n) is 4.29. The summed E-state index contributed by atoms with van der Waals surface area (Å²) in [6, 6.07) is 0.459. The number of hydrogen-bond donors (Lipinski definition) is 1. The number of aromatic nitrogens is 2. The zero-order valence-electron chi connectivity index (χ0n) is 13.2. The lowest BCUT2D eigenvalue weighted by Crippen LogP contribution is -2.41. The van der Waals surface area contributed by atoms with E-state index in [0.29, 0.717) is 6.04 Å². The molecule has 0 saturated carbocycles. The minimum Gasteiger partial charge on any atom is -0.316 e. The van der Waals surface area contributed by atoms with Crippen LogP contribution in [0, 0.1) is 5.41 Å². The maximum Gasteiger partial charge on any atom is 0.0766 e. The van der Waals surface area contributed by atoms with Crippen LogP contribution in [-0.4, -0.2) is 22.9 Å². The predicted molar refractivity (Wildman–Crippen MR) is 85.6 cm³/mol. The molecular formula is C15H28BrN3. The van der Waals surface area contributed by atoms with E-state index in [0.717, 1.165) is 25.8 Å². The van der Waals surface area contributed by atoms with Gasteiger partial charge < -0.3 is 5.32 Å². The molecule has 1 aromatic heterocycles. The van der Waals surface area contributed by atoms with Gasteiger partial charge in [0.1, 0.15) is 0 Å². The van der Waals surface area contributed by atoms with Gasteiger partial charge in [-0.1, -0.05) is 27.7 Å². The van der Waals surface area contributed by atoms with Crippen LogP contribution in [0.15, 0.2) is 4.47 Å². The van der Waals surface area contributed by atoms with Crippen molar-refractivity contribution in [3.8, 4) is 0 Å². The van der Waals surface area contributed by atoms with Crippen LogP contribution in [0.3, 0.4) is 0 Å². The number of nitrogens with zero attached hydrogens (tertiary/aromatic N) is 2. The second-order valence-corrected chi connectivity index (χ2v) is 6.56. The highest BCUT2D eigenvalue weighted by atomic mass is 79.9. The van der Waals surface area contributed by atoms with Crippen LogP contribution in [-0.2, 0) is 19.4 Å². The number of hydrogen-bond acceptors (Lipinski definition) is 2. The van der Waals surface area contributed by atoms with Crippen LogP contribution in [0.4, 0.5) is 0 Å². The van der Waals surface area contributed by atoms with Gasteiger partial charge in [0.15, 0.2) is 0 Å². The van der Waals surface area contributed by atoms with Gasteiger partial charge in [0.25, 0.3) is 0 Å². The fourth-order valence-corrected chi connectivity index (χ4v) is 3.15. The lowest BCUT2D eigenvalue weighted by atomic mass is 9.79. The Bertz CT molecular complexity index is 410. The van der Waals surface area contributed by atoms with E-state index in [9.17, 15) is 0 Å². The monoisotopic (exact) mass is 329 g/mol. The van der Waals surface area contributed by atoms with Crippen molar-refractivity contribution >= 4 is 15.9 Å². The Hall–Kier alpha value is -0.350. The van der Waals surface area contributed by atoms with Crippen molar-refractivity contribution in [3.05, 3.63) is 15.9 Å². The van der Waals surface area contributed by atoms with Crippen LogP contribution in [0.25, 0.3) is 0 Å². The minimum absolute atomic E-state index is 0.281. The lowest BCUT2D eigenvalue weighted by Gasteiger charge is -2.33. The van der Waals surface area contributed by atoms with Gasteiger partial charge in [0.2, 0.25) is 0 Å². The van der Waals surface area contributed by atoms with Crippen molar-refractivity contribution < 1.29 is 0 Å². The van der Waals surface area contributed by atoms with Gasteiger partial charge in [0, 0.05) is 19.0 Å². The van der Waals surface area contributed by atoms with Crippen molar-refractivity contribution in [3.63, 3.8) is 0 Å². The number of aryl methyl sites for hydroxylation is 2. The molecule has 0 aliphatic carbocycles. The number of nitrogens with one attached hydrogen (secondary N) is 1. The number of likely N-dealkylation sites (N-methyl/N-ethyl adjacent to an activating group) is 1. The topological polar surface area (TPSA) is 29.9 Å². The van der Waals surface area contributed by atoms with Gasteiger partial charge in [-0.05, 0) is 48.2 Å². The first-order valence-electron chi connectivity index (χ1n) is 7.32. The predicted octanol–water partition coefficient (Wildman–Crippen LogP) is 3.79. The zero-order chi connectivity index (χ0) is 14.6. The standard InChI is InChI=1S/C15H28BrN3/c1-7-11-14(16)12(19(9-3)18-11)10-13(17-6)15(4,5)8-2/h13,17H,7-10H2,1-6H3. The summed E-state index contributed by atoms with van der Waals surface area (Å²) < 4.78 is 3.34. The van der Waals surface area contributed by atoms with Crippen LogP contribution in [0.5, 0.6) is 0 Å². The molecule has 0 saturated heterocycles. The molecule has 1 rings (SSSR count). The molecule has 1 heterocycles. The average molecular weight is 330 g/mol. The number of rotatable bonds is 7. The van der Waals surface area contributed by atoms with E-state index in [1.807, 2.05) is 0 Å². The van der Waals surface area contributed by atoms with Gasteiger partial charge in [-0.25, -0.2) is 0 Å². The molecule has 1 aromatic rings. The van der Waals surface area contributed by atoms with Gasteiger partial charge in [-0.3, -0.25) is 4.68 Å². The fourth-order valence-electron chi connectivity index (χ4n) is 2.42. The molecule has 0 aliphatic rings. The molecule has 110 valence electrons. The summed E-state index contributed by atoms with van der Waals surface area (Å²) in [5, 5.41) is 8.17. The maximum atomic E-state index is 4.68. The molecule has 0 radical (unpaired) electrons. The highest BCUT2D eigenvalue weighted by Crippen LogP contribution is 2.30. The Morgan fingerprint density at radius 2 is 1.95 bits per heavy atom. The minimum atomic E-state index is 0.281. The Morgan fingerprint density at radius 1 is 1.32 bits per heavy atom. The molecular weight excluding hydrogens is 302 g/mol. The summed E-state index contributed by atoms with van der Waals surface area (Å²) in [5.74, 6) is 0. The number of halogens is 1. The molecule has 19 heavy (non-hydrogen) atoms. The second-order valence-electron chi connectivity index (χ2n) is 5.76.